The van der Waals surface area contributed by atoms with Gasteiger partial charge in [0, 0.05) is 6.04 Å². The molecule has 3 heterocycles. The fourth-order valence-corrected chi connectivity index (χ4v) is 3.88. The van der Waals surface area contributed by atoms with Crippen LogP contribution in [0.1, 0.15) is 29.4 Å². The molecule has 3 aromatic heterocycles. The van der Waals surface area contributed by atoms with Crippen molar-refractivity contribution in [2.24, 2.45) is 0 Å². The molecule has 128 valence electrons. The van der Waals surface area contributed by atoms with E-state index < -0.39 is 11.8 Å². The predicted molar refractivity (Wildman–Crippen MR) is 93.5 cm³/mol. The summed E-state index contributed by atoms with van der Waals surface area (Å²) in [7, 11) is 0. The van der Waals surface area contributed by atoms with Gasteiger partial charge in [0.05, 0.1) is 16.9 Å². The molecule has 0 atom stereocenters. The molecule has 9 heteroatoms. The number of amides is 2. The zero-order valence-electron chi connectivity index (χ0n) is 13.0. The van der Waals surface area contributed by atoms with E-state index in [0.29, 0.717) is 11.2 Å². The molecule has 3 aromatic rings. The van der Waals surface area contributed by atoms with Gasteiger partial charge in [-0.3, -0.25) is 19.5 Å². The third-order valence-electron chi connectivity index (χ3n) is 3.65. The molecule has 0 radical (unpaired) electrons. The van der Waals surface area contributed by atoms with E-state index >= 15 is 0 Å². The molecular formula is C16H14N4O3S2. The molecule has 0 spiro atoms. The molecule has 1 saturated carbocycles. The largest absolute Gasteiger partial charge is 0.459 e. The number of thiophene rings is 1. The van der Waals surface area contributed by atoms with Crippen molar-refractivity contribution in [2.45, 2.75) is 24.0 Å². The topological polar surface area (TPSA) is 90.0 Å². The minimum Gasteiger partial charge on any atom is -0.459 e. The molecule has 0 bridgehead atoms. The average molecular weight is 374 g/mol. The van der Waals surface area contributed by atoms with E-state index in [1.807, 2.05) is 17.5 Å². The number of nitrogens with zero attached hydrogens (tertiary/aromatic N) is 3. The van der Waals surface area contributed by atoms with Crippen LogP contribution in [-0.4, -0.2) is 32.3 Å². The second-order valence-electron chi connectivity index (χ2n) is 5.53. The summed E-state index contributed by atoms with van der Waals surface area (Å²) in [6, 6.07) is 7.48. The van der Waals surface area contributed by atoms with E-state index in [4.69, 9.17) is 4.42 Å². The quantitative estimate of drug-likeness (QED) is 0.667. The highest BCUT2D eigenvalue weighted by Gasteiger charge is 2.30. The van der Waals surface area contributed by atoms with Crippen LogP contribution in [0.5, 0.6) is 0 Å². The molecule has 7 nitrogen and oxygen atoms in total. The maximum absolute atomic E-state index is 12.0. The summed E-state index contributed by atoms with van der Waals surface area (Å²) < 4.78 is 7.06. The Bertz CT molecular complexity index is 883. The lowest BCUT2D eigenvalue weighted by atomic mass is 10.4. The van der Waals surface area contributed by atoms with Gasteiger partial charge < -0.3 is 4.42 Å². The molecule has 0 unspecified atom stereocenters. The Morgan fingerprint density at radius 3 is 2.88 bits per heavy atom. The number of nitrogens with one attached hydrogen (secondary N) is 1. The van der Waals surface area contributed by atoms with Gasteiger partial charge in [-0.1, -0.05) is 17.8 Å². The summed E-state index contributed by atoms with van der Waals surface area (Å²) in [5.74, 6) is 0.0985. The van der Waals surface area contributed by atoms with E-state index in [-0.39, 0.29) is 11.5 Å². The Kier molecular flexibility index (Phi) is 4.41. The molecule has 2 amide bonds. The number of carbonyl (C=O) groups excluding carboxylic acids is 2. The van der Waals surface area contributed by atoms with E-state index in [2.05, 4.69) is 20.1 Å². The van der Waals surface area contributed by atoms with Crippen molar-refractivity contribution in [3.63, 3.8) is 0 Å². The number of aromatic nitrogens is 3. The third-order valence-corrected chi connectivity index (χ3v) is 5.46. The fraction of sp³-hybridized carbons (Fsp3) is 0.250. The van der Waals surface area contributed by atoms with Crippen LogP contribution in [0.15, 0.2) is 45.5 Å². The van der Waals surface area contributed by atoms with Gasteiger partial charge in [-0.15, -0.1) is 21.5 Å². The van der Waals surface area contributed by atoms with Crippen molar-refractivity contribution >= 4 is 34.9 Å². The SMILES string of the molecule is O=C(CSc1nnc(-c2cccs2)n1C1CC1)NC(=O)c1ccco1. The second kappa shape index (κ2) is 6.85. The molecular weight excluding hydrogens is 360 g/mol. The molecule has 0 aromatic carbocycles. The Balaban J connectivity index is 1.43. The Labute approximate surface area is 151 Å². The van der Waals surface area contributed by atoms with Gasteiger partial charge in [-0.25, -0.2) is 0 Å². The van der Waals surface area contributed by atoms with Crippen molar-refractivity contribution < 1.29 is 14.0 Å². The Morgan fingerprint density at radius 2 is 2.20 bits per heavy atom. The zero-order valence-corrected chi connectivity index (χ0v) is 14.7. The summed E-state index contributed by atoms with van der Waals surface area (Å²) in [5.41, 5.74) is 0. The lowest BCUT2D eigenvalue weighted by Gasteiger charge is -2.07. The fourth-order valence-electron chi connectivity index (χ4n) is 2.37. The lowest BCUT2D eigenvalue weighted by Crippen LogP contribution is -2.31. The van der Waals surface area contributed by atoms with Gasteiger partial charge in [-0.05, 0) is 36.4 Å². The Morgan fingerprint density at radius 1 is 1.32 bits per heavy atom. The van der Waals surface area contributed by atoms with Gasteiger partial charge in [0.15, 0.2) is 16.7 Å². The van der Waals surface area contributed by atoms with Crippen molar-refractivity contribution in [2.75, 3.05) is 5.75 Å². The van der Waals surface area contributed by atoms with E-state index in [9.17, 15) is 9.59 Å². The highest BCUT2D eigenvalue weighted by molar-refractivity contribution is 7.99. The third kappa shape index (κ3) is 3.52. The van der Waals surface area contributed by atoms with Crippen molar-refractivity contribution in [3.05, 3.63) is 41.7 Å². The van der Waals surface area contributed by atoms with Crippen LogP contribution < -0.4 is 5.32 Å². The van der Waals surface area contributed by atoms with Crippen LogP contribution >= 0.6 is 23.1 Å². The van der Waals surface area contributed by atoms with Crippen LogP contribution in [0, 0.1) is 0 Å². The maximum atomic E-state index is 12.0. The number of hydrogen-bond acceptors (Lipinski definition) is 7. The summed E-state index contributed by atoms with van der Waals surface area (Å²) in [6.45, 7) is 0. The highest BCUT2D eigenvalue weighted by Crippen LogP contribution is 2.41. The van der Waals surface area contributed by atoms with Gasteiger partial charge in [-0.2, -0.15) is 0 Å². The van der Waals surface area contributed by atoms with E-state index in [1.54, 1.807) is 17.4 Å². The predicted octanol–water partition coefficient (Wildman–Crippen LogP) is 2.98. The van der Waals surface area contributed by atoms with Crippen molar-refractivity contribution in [1.29, 1.82) is 0 Å². The zero-order chi connectivity index (χ0) is 17.2. The van der Waals surface area contributed by atoms with Crippen LogP contribution in [-0.2, 0) is 4.79 Å². The standard InChI is InChI=1S/C16H14N4O3S2/c21-13(17-15(22)11-3-1-7-23-11)9-25-16-19-18-14(12-4-2-8-24-12)20(16)10-5-6-10/h1-4,7-8,10H,5-6,9H2,(H,17,21,22). The number of rotatable bonds is 6. The maximum Gasteiger partial charge on any atom is 0.293 e. The molecule has 4 rings (SSSR count). The molecule has 0 saturated heterocycles. The number of hydrogen-bond donors (Lipinski definition) is 1. The summed E-state index contributed by atoms with van der Waals surface area (Å²) in [6.07, 6.45) is 3.57. The molecule has 1 aliphatic carbocycles. The van der Waals surface area contributed by atoms with E-state index in [1.165, 1.54) is 24.1 Å². The number of furan rings is 1. The molecule has 0 aliphatic heterocycles. The van der Waals surface area contributed by atoms with Crippen LogP contribution in [0.2, 0.25) is 0 Å². The molecule has 25 heavy (non-hydrogen) atoms. The summed E-state index contributed by atoms with van der Waals surface area (Å²) >= 11 is 2.89. The first kappa shape index (κ1) is 16.1. The van der Waals surface area contributed by atoms with Gasteiger partial charge in [0.1, 0.15) is 0 Å². The molecule has 1 aliphatic rings. The van der Waals surface area contributed by atoms with Gasteiger partial charge in [0.2, 0.25) is 5.91 Å². The van der Waals surface area contributed by atoms with Crippen LogP contribution in [0.4, 0.5) is 0 Å². The van der Waals surface area contributed by atoms with Crippen molar-refractivity contribution in [1.82, 2.24) is 20.1 Å². The van der Waals surface area contributed by atoms with Crippen LogP contribution in [0.3, 0.4) is 0 Å². The molecule has 1 fully saturated rings. The van der Waals surface area contributed by atoms with Gasteiger partial charge >= 0.3 is 0 Å². The average Bonchev–Trinajstić information content (AvgIpc) is 3.06. The first-order valence-corrected chi connectivity index (χ1v) is 9.58. The number of carbonyl (C=O) groups is 2. The first-order valence-electron chi connectivity index (χ1n) is 7.71. The minimum atomic E-state index is -0.543. The normalized spacial score (nSPS) is 13.8. The minimum absolute atomic E-state index is 0.0851. The highest BCUT2D eigenvalue weighted by atomic mass is 32.2. The van der Waals surface area contributed by atoms with Gasteiger partial charge in [0.25, 0.3) is 5.91 Å². The summed E-state index contributed by atoms with van der Waals surface area (Å²) in [4.78, 5) is 24.9. The molecule has 1 N–H and O–H groups in total. The number of imide groups is 1. The smallest absolute Gasteiger partial charge is 0.293 e. The summed E-state index contributed by atoms with van der Waals surface area (Å²) in [5, 5.41) is 13.5. The Hall–Kier alpha value is -2.39. The lowest BCUT2D eigenvalue weighted by molar-refractivity contribution is -0.117. The van der Waals surface area contributed by atoms with Crippen LogP contribution in [0.25, 0.3) is 10.7 Å². The monoisotopic (exact) mass is 374 g/mol. The van der Waals surface area contributed by atoms with Crippen molar-refractivity contribution in [3.8, 4) is 10.7 Å². The number of thioether (sulfide) groups is 1. The second-order valence-corrected chi connectivity index (χ2v) is 7.42. The first-order chi connectivity index (χ1) is 12.2. The van der Waals surface area contributed by atoms with E-state index in [0.717, 1.165) is 23.5 Å².